The van der Waals surface area contributed by atoms with E-state index in [2.05, 4.69) is 5.32 Å². The molecule has 0 saturated carbocycles. The van der Waals surface area contributed by atoms with E-state index in [-0.39, 0.29) is 17.9 Å². The number of hydrogen-bond acceptors (Lipinski definition) is 5. The lowest BCUT2D eigenvalue weighted by atomic mass is 10.1. The lowest BCUT2D eigenvalue weighted by molar-refractivity contribution is -0.117. The minimum Gasteiger partial charge on any atom is -0.508 e. The van der Waals surface area contributed by atoms with Crippen LogP contribution in [0.25, 0.3) is 0 Å². The molecule has 0 spiro atoms. The fraction of sp³-hybridized carbons (Fsp3) is 0.375. The number of likely N-dealkylation sites (N-methyl/N-ethyl adjacent to an activating group) is 1. The van der Waals surface area contributed by atoms with Gasteiger partial charge in [0.1, 0.15) is 17.4 Å². The summed E-state index contributed by atoms with van der Waals surface area (Å²) in [5, 5.41) is 29.8. The highest BCUT2D eigenvalue weighted by Crippen LogP contribution is 2.09. The average molecular weight is 303 g/mol. The normalized spacial score (nSPS) is 10.9. The van der Waals surface area contributed by atoms with Crippen LogP contribution in [0.3, 0.4) is 0 Å². The lowest BCUT2D eigenvalue weighted by Crippen LogP contribution is -2.29. The van der Waals surface area contributed by atoms with Gasteiger partial charge in [-0.1, -0.05) is 12.1 Å². The highest BCUT2D eigenvalue weighted by atomic mass is 16.3. The van der Waals surface area contributed by atoms with Crippen LogP contribution in [0.1, 0.15) is 12.5 Å². The Morgan fingerprint density at radius 1 is 1.41 bits per heavy atom. The first-order valence-electron chi connectivity index (χ1n) is 7.13. The molecule has 1 aromatic rings. The van der Waals surface area contributed by atoms with Gasteiger partial charge in [-0.25, -0.2) is 0 Å². The minimum atomic E-state index is -0.433. The number of carbonyl (C=O) groups excluding carboxylic acids is 1. The number of aliphatic hydroxyl groups is 1. The van der Waals surface area contributed by atoms with E-state index >= 15 is 0 Å². The molecule has 0 radical (unpaired) electrons. The second-order valence-corrected chi connectivity index (χ2v) is 4.68. The van der Waals surface area contributed by atoms with Crippen molar-refractivity contribution in [3.05, 3.63) is 41.6 Å². The highest BCUT2D eigenvalue weighted by molar-refractivity contribution is 5.97. The third-order valence-corrected chi connectivity index (χ3v) is 3.11. The predicted octanol–water partition coefficient (Wildman–Crippen LogP) is 0.773. The van der Waals surface area contributed by atoms with Gasteiger partial charge in [-0.3, -0.25) is 4.79 Å². The predicted molar refractivity (Wildman–Crippen MR) is 82.8 cm³/mol. The van der Waals surface area contributed by atoms with Crippen molar-refractivity contribution in [2.24, 2.45) is 0 Å². The Hall–Kier alpha value is -2.52. The summed E-state index contributed by atoms with van der Waals surface area (Å²) in [6.45, 7) is 3.22. The van der Waals surface area contributed by atoms with Crippen molar-refractivity contribution in [3.63, 3.8) is 0 Å². The Morgan fingerprint density at radius 2 is 2.09 bits per heavy atom. The van der Waals surface area contributed by atoms with Gasteiger partial charge in [0.2, 0.25) is 0 Å². The number of carbonyl (C=O) groups is 1. The molecule has 118 valence electrons. The SMILES string of the molecule is CCN(/C=C(/C#N)C(=O)NCCc1ccc(O)cc1)CCO. The average Bonchev–Trinajstić information content (AvgIpc) is 2.53. The number of phenolic OH excluding ortho intramolecular Hbond substituents is 1. The summed E-state index contributed by atoms with van der Waals surface area (Å²) in [6.07, 6.45) is 2.07. The monoisotopic (exact) mass is 303 g/mol. The summed E-state index contributed by atoms with van der Waals surface area (Å²) < 4.78 is 0. The van der Waals surface area contributed by atoms with E-state index in [0.29, 0.717) is 26.1 Å². The van der Waals surface area contributed by atoms with Crippen LogP contribution in [0.2, 0.25) is 0 Å². The van der Waals surface area contributed by atoms with E-state index in [0.717, 1.165) is 5.56 Å². The number of nitriles is 1. The van der Waals surface area contributed by atoms with Gasteiger partial charge >= 0.3 is 0 Å². The van der Waals surface area contributed by atoms with Crippen molar-refractivity contribution in [1.29, 1.82) is 5.26 Å². The molecule has 0 fully saturated rings. The quantitative estimate of drug-likeness (QED) is 0.487. The number of rotatable bonds is 8. The van der Waals surface area contributed by atoms with Crippen LogP contribution >= 0.6 is 0 Å². The topological polar surface area (TPSA) is 96.6 Å². The maximum absolute atomic E-state index is 11.9. The smallest absolute Gasteiger partial charge is 0.263 e. The van der Waals surface area contributed by atoms with Crippen molar-refractivity contribution in [2.75, 3.05) is 26.2 Å². The highest BCUT2D eigenvalue weighted by Gasteiger charge is 2.10. The number of aliphatic hydroxyl groups excluding tert-OH is 1. The van der Waals surface area contributed by atoms with Gasteiger partial charge in [0, 0.05) is 25.8 Å². The van der Waals surface area contributed by atoms with E-state index in [1.165, 1.54) is 6.20 Å². The number of aromatic hydroxyl groups is 1. The molecule has 6 nitrogen and oxygen atoms in total. The summed E-state index contributed by atoms with van der Waals surface area (Å²) in [4.78, 5) is 13.6. The first-order chi connectivity index (χ1) is 10.6. The molecule has 0 bridgehead atoms. The minimum absolute atomic E-state index is 0.0148. The summed E-state index contributed by atoms with van der Waals surface area (Å²) >= 11 is 0. The molecule has 0 aromatic heterocycles. The number of phenols is 1. The maximum atomic E-state index is 11.9. The maximum Gasteiger partial charge on any atom is 0.263 e. The summed E-state index contributed by atoms with van der Waals surface area (Å²) in [7, 11) is 0. The fourth-order valence-electron chi connectivity index (χ4n) is 1.84. The van der Waals surface area contributed by atoms with Crippen LogP contribution in [-0.4, -0.2) is 47.3 Å². The van der Waals surface area contributed by atoms with E-state index in [9.17, 15) is 9.90 Å². The zero-order valence-electron chi connectivity index (χ0n) is 12.6. The number of nitrogens with one attached hydrogen (secondary N) is 1. The molecular formula is C16H21N3O3. The summed E-state index contributed by atoms with van der Waals surface area (Å²) in [5.74, 6) is -0.233. The molecule has 6 heteroatoms. The molecule has 0 aliphatic rings. The van der Waals surface area contributed by atoms with E-state index < -0.39 is 5.91 Å². The largest absolute Gasteiger partial charge is 0.508 e. The van der Waals surface area contributed by atoms with Gasteiger partial charge in [-0.15, -0.1) is 0 Å². The molecule has 3 N–H and O–H groups in total. The third-order valence-electron chi connectivity index (χ3n) is 3.11. The first kappa shape index (κ1) is 17.5. The van der Waals surface area contributed by atoms with Crippen LogP contribution in [0.5, 0.6) is 5.75 Å². The molecule has 0 atom stereocenters. The zero-order valence-corrected chi connectivity index (χ0v) is 12.6. The van der Waals surface area contributed by atoms with Crippen LogP contribution in [0.15, 0.2) is 36.0 Å². The Labute approximate surface area is 130 Å². The third kappa shape index (κ3) is 5.85. The van der Waals surface area contributed by atoms with Crippen molar-refractivity contribution in [1.82, 2.24) is 10.2 Å². The Balaban J connectivity index is 2.53. The second kappa shape index (κ2) is 9.42. The Morgan fingerprint density at radius 3 is 2.64 bits per heavy atom. The molecule has 22 heavy (non-hydrogen) atoms. The Bertz CT molecular complexity index is 547. The van der Waals surface area contributed by atoms with E-state index in [4.69, 9.17) is 10.4 Å². The van der Waals surface area contributed by atoms with Crippen LogP contribution < -0.4 is 5.32 Å². The lowest BCUT2D eigenvalue weighted by Gasteiger charge is -2.17. The zero-order chi connectivity index (χ0) is 16.4. The van der Waals surface area contributed by atoms with E-state index in [1.807, 2.05) is 13.0 Å². The van der Waals surface area contributed by atoms with Gasteiger partial charge in [0.15, 0.2) is 0 Å². The van der Waals surface area contributed by atoms with Gasteiger partial charge in [-0.2, -0.15) is 5.26 Å². The van der Waals surface area contributed by atoms with Crippen molar-refractivity contribution in [2.45, 2.75) is 13.3 Å². The number of amides is 1. The number of benzene rings is 1. The van der Waals surface area contributed by atoms with Crippen molar-refractivity contribution in [3.8, 4) is 11.8 Å². The molecule has 1 amide bonds. The molecular weight excluding hydrogens is 282 g/mol. The number of hydrogen-bond donors (Lipinski definition) is 3. The summed E-state index contributed by atoms with van der Waals surface area (Å²) in [5.41, 5.74) is 0.997. The molecule has 0 saturated heterocycles. The second-order valence-electron chi connectivity index (χ2n) is 4.68. The van der Waals surface area contributed by atoms with Crippen LogP contribution in [0.4, 0.5) is 0 Å². The van der Waals surface area contributed by atoms with E-state index in [1.54, 1.807) is 29.2 Å². The van der Waals surface area contributed by atoms with Crippen LogP contribution in [-0.2, 0) is 11.2 Å². The van der Waals surface area contributed by atoms with Crippen LogP contribution in [0, 0.1) is 11.3 Å². The summed E-state index contributed by atoms with van der Waals surface area (Å²) in [6, 6.07) is 8.61. The Kier molecular flexibility index (Phi) is 7.51. The van der Waals surface area contributed by atoms with Crippen molar-refractivity contribution >= 4 is 5.91 Å². The molecule has 0 aliphatic carbocycles. The van der Waals surface area contributed by atoms with Gasteiger partial charge in [0.25, 0.3) is 5.91 Å². The molecule has 1 aromatic carbocycles. The van der Waals surface area contributed by atoms with Crippen molar-refractivity contribution < 1.29 is 15.0 Å². The van der Waals surface area contributed by atoms with Gasteiger partial charge < -0.3 is 20.4 Å². The molecule has 0 heterocycles. The number of nitrogens with zero attached hydrogens (tertiary/aromatic N) is 2. The molecule has 0 aliphatic heterocycles. The molecule has 0 unspecified atom stereocenters. The fourth-order valence-corrected chi connectivity index (χ4v) is 1.84. The van der Waals surface area contributed by atoms with Gasteiger partial charge in [-0.05, 0) is 31.0 Å². The van der Waals surface area contributed by atoms with Gasteiger partial charge in [0.05, 0.1) is 6.61 Å². The first-order valence-corrected chi connectivity index (χ1v) is 7.13. The standard InChI is InChI=1S/C16H21N3O3/c1-2-19(9-10-20)12-14(11-17)16(22)18-8-7-13-3-5-15(21)6-4-13/h3-6,12,20-21H,2,7-10H2,1H3,(H,18,22)/b14-12-. The molecule has 1 rings (SSSR count).